The first kappa shape index (κ1) is 19.1. The molecule has 3 N–H and O–H groups in total. The van der Waals surface area contributed by atoms with E-state index < -0.39 is 0 Å². The molecule has 3 fully saturated rings. The fourth-order valence-corrected chi connectivity index (χ4v) is 4.73. The molecule has 0 unspecified atom stereocenters. The molecule has 2 amide bonds. The normalized spacial score (nSPS) is 27.8. The molecule has 0 radical (unpaired) electrons. The van der Waals surface area contributed by atoms with Crippen molar-refractivity contribution in [1.29, 1.82) is 0 Å². The molecule has 4 rings (SSSR count). The van der Waals surface area contributed by atoms with Crippen LogP contribution in [-0.2, 0) is 9.59 Å². The minimum Gasteiger partial charge on any atom is -0.497 e. The van der Waals surface area contributed by atoms with Gasteiger partial charge < -0.3 is 25.2 Å². The second kappa shape index (κ2) is 8.39. The van der Waals surface area contributed by atoms with E-state index in [2.05, 4.69) is 27.7 Å². The van der Waals surface area contributed by atoms with Gasteiger partial charge in [0.25, 0.3) is 5.91 Å². The predicted molar refractivity (Wildman–Crippen MR) is 106 cm³/mol. The van der Waals surface area contributed by atoms with Gasteiger partial charge in [-0.1, -0.05) is 6.42 Å². The molecule has 1 aliphatic carbocycles. The molecule has 152 valence electrons. The molecule has 7 heteroatoms. The van der Waals surface area contributed by atoms with Crippen molar-refractivity contribution in [2.75, 3.05) is 38.2 Å². The fraction of sp³-hybridized carbons (Fsp3) is 0.619. The molecule has 0 aromatic heterocycles. The summed E-state index contributed by atoms with van der Waals surface area (Å²) in [5.41, 5.74) is 1.15. The third kappa shape index (κ3) is 4.09. The Morgan fingerprint density at radius 1 is 1.14 bits per heavy atom. The van der Waals surface area contributed by atoms with Crippen molar-refractivity contribution in [2.24, 2.45) is 0 Å². The molecule has 7 nitrogen and oxygen atoms in total. The van der Waals surface area contributed by atoms with E-state index in [1.165, 1.54) is 12.8 Å². The number of rotatable bonds is 4. The van der Waals surface area contributed by atoms with E-state index >= 15 is 0 Å². The van der Waals surface area contributed by atoms with Crippen LogP contribution in [-0.4, -0.2) is 68.1 Å². The molecule has 28 heavy (non-hydrogen) atoms. The summed E-state index contributed by atoms with van der Waals surface area (Å²) in [7, 11) is 1.66. The Bertz CT molecular complexity index is 700. The lowest BCUT2D eigenvalue weighted by Crippen LogP contribution is -3.03. The van der Waals surface area contributed by atoms with Crippen molar-refractivity contribution in [1.82, 2.24) is 10.2 Å². The Morgan fingerprint density at radius 3 is 2.57 bits per heavy atom. The molecule has 3 atom stereocenters. The van der Waals surface area contributed by atoms with Gasteiger partial charge in [-0.3, -0.25) is 9.59 Å². The highest BCUT2D eigenvalue weighted by Crippen LogP contribution is 2.21. The second-order valence-electron chi connectivity index (χ2n) is 8.13. The molecule has 1 aromatic rings. The first-order valence-corrected chi connectivity index (χ1v) is 10.5. The number of hydrogen-bond acceptors (Lipinski definition) is 4. The van der Waals surface area contributed by atoms with Crippen LogP contribution in [0.3, 0.4) is 0 Å². The van der Waals surface area contributed by atoms with Crippen molar-refractivity contribution in [3.05, 3.63) is 24.3 Å². The van der Waals surface area contributed by atoms with Gasteiger partial charge in [0.05, 0.1) is 19.6 Å². The van der Waals surface area contributed by atoms with Gasteiger partial charge in [-0.2, -0.15) is 0 Å². The maximum Gasteiger partial charge on any atom is 0.279 e. The number of carbonyl (C=O) groups is 2. The van der Waals surface area contributed by atoms with E-state index in [-0.39, 0.29) is 17.9 Å². The predicted octanol–water partition coefficient (Wildman–Crippen LogP) is 0.107. The van der Waals surface area contributed by atoms with E-state index in [0.717, 1.165) is 37.4 Å². The minimum atomic E-state index is -0.272. The Balaban J connectivity index is 1.28. The number of nitrogens with two attached hydrogens (primary N) is 1. The number of ether oxygens (including phenoxy) is 1. The number of anilines is 1. The topological polar surface area (TPSA) is 78.5 Å². The van der Waals surface area contributed by atoms with Crippen molar-refractivity contribution in [3.63, 3.8) is 0 Å². The number of hydrogen-bond donors (Lipinski definition) is 2. The van der Waals surface area contributed by atoms with Crippen LogP contribution in [0, 0.1) is 0 Å². The van der Waals surface area contributed by atoms with Gasteiger partial charge in [0.15, 0.2) is 6.04 Å². The summed E-state index contributed by atoms with van der Waals surface area (Å²) in [5.74, 6) is 0.980. The number of fused-ring (bicyclic) bond motifs is 1. The monoisotopic (exact) mass is 387 g/mol. The average molecular weight is 388 g/mol. The number of amides is 2. The van der Waals surface area contributed by atoms with Crippen molar-refractivity contribution < 1.29 is 19.6 Å². The number of methoxy groups -OCH3 is 1. The number of benzene rings is 1. The molecule has 2 saturated heterocycles. The Hall–Kier alpha value is -2.28. The zero-order valence-electron chi connectivity index (χ0n) is 16.6. The largest absolute Gasteiger partial charge is 0.497 e. The van der Waals surface area contributed by atoms with Gasteiger partial charge in [-0.05, 0) is 37.1 Å². The summed E-state index contributed by atoms with van der Waals surface area (Å²) in [6, 6.07) is 8.49. The average Bonchev–Trinajstić information content (AvgIpc) is 2.74. The maximum absolute atomic E-state index is 12.8. The van der Waals surface area contributed by atoms with Crippen LogP contribution in [0.25, 0.3) is 0 Å². The lowest BCUT2D eigenvalue weighted by molar-refractivity contribution is -0.718. The van der Waals surface area contributed by atoms with Gasteiger partial charge >= 0.3 is 0 Å². The van der Waals surface area contributed by atoms with Crippen LogP contribution in [0.2, 0.25) is 0 Å². The summed E-state index contributed by atoms with van der Waals surface area (Å²) < 4.78 is 5.21. The Kier molecular flexibility index (Phi) is 5.71. The van der Waals surface area contributed by atoms with E-state index in [0.29, 0.717) is 31.6 Å². The van der Waals surface area contributed by atoms with Crippen molar-refractivity contribution >= 4 is 17.5 Å². The van der Waals surface area contributed by atoms with E-state index in [4.69, 9.17) is 4.74 Å². The third-order valence-corrected chi connectivity index (χ3v) is 6.43. The molecule has 0 bridgehead atoms. The highest BCUT2D eigenvalue weighted by Gasteiger charge is 2.41. The number of piperazine rings is 2. The summed E-state index contributed by atoms with van der Waals surface area (Å²) >= 11 is 0. The zero-order chi connectivity index (χ0) is 19.5. The summed E-state index contributed by atoms with van der Waals surface area (Å²) in [5, 5.41) is 5.32. The lowest BCUT2D eigenvalue weighted by atomic mass is 9.87. The summed E-state index contributed by atoms with van der Waals surface area (Å²) in [6.07, 6.45) is 4.92. The quantitative estimate of drug-likeness (QED) is 0.769. The molecule has 1 aromatic carbocycles. The number of quaternary nitrogens is 1. The van der Waals surface area contributed by atoms with Gasteiger partial charge in [0, 0.05) is 38.3 Å². The summed E-state index contributed by atoms with van der Waals surface area (Å²) in [6.45, 7) is 3.02. The molecule has 0 spiro atoms. The lowest BCUT2D eigenvalue weighted by Gasteiger charge is -2.39. The van der Waals surface area contributed by atoms with Crippen LogP contribution < -0.4 is 20.3 Å². The maximum atomic E-state index is 12.8. The Morgan fingerprint density at radius 2 is 1.86 bits per heavy atom. The van der Waals surface area contributed by atoms with Gasteiger partial charge in [-0.15, -0.1) is 0 Å². The van der Waals surface area contributed by atoms with Crippen LogP contribution >= 0.6 is 0 Å². The first-order valence-electron chi connectivity index (χ1n) is 10.5. The highest BCUT2D eigenvalue weighted by molar-refractivity contribution is 5.87. The first-order chi connectivity index (χ1) is 13.6. The highest BCUT2D eigenvalue weighted by atomic mass is 16.5. The fourth-order valence-electron chi connectivity index (χ4n) is 4.73. The smallest absolute Gasteiger partial charge is 0.279 e. The van der Waals surface area contributed by atoms with E-state index in [9.17, 15) is 9.59 Å². The van der Waals surface area contributed by atoms with Crippen LogP contribution in [0.1, 0.15) is 32.1 Å². The van der Waals surface area contributed by atoms with Gasteiger partial charge in [0.1, 0.15) is 11.8 Å². The van der Waals surface area contributed by atoms with Gasteiger partial charge in [0.2, 0.25) is 5.91 Å². The second-order valence-corrected chi connectivity index (χ2v) is 8.13. The van der Waals surface area contributed by atoms with Crippen molar-refractivity contribution in [2.45, 2.75) is 50.2 Å². The third-order valence-electron chi connectivity index (χ3n) is 6.43. The zero-order valence-corrected chi connectivity index (χ0v) is 16.6. The molecule has 2 heterocycles. The van der Waals surface area contributed by atoms with E-state index in [1.807, 2.05) is 17.0 Å². The van der Waals surface area contributed by atoms with Crippen LogP contribution in [0.15, 0.2) is 24.3 Å². The standard InChI is InChI=1S/C21H30N4O3/c1-28-16-8-6-15(7-9-16)24-10-12-25(13-11-24)20(26)14-19-21(27)23-18-5-3-2-4-17(18)22-19/h6-9,17-19,22H,2-5,10-14H2,1H3,(H,23,27)/p+1/t17-,18-,19-/m0/s1. The molecular formula is C21H31N4O3+. The molecular weight excluding hydrogens is 356 g/mol. The van der Waals surface area contributed by atoms with Crippen LogP contribution in [0.4, 0.5) is 5.69 Å². The Labute approximate surface area is 166 Å². The van der Waals surface area contributed by atoms with Crippen molar-refractivity contribution in [3.8, 4) is 5.75 Å². The van der Waals surface area contributed by atoms with Gasteiger partial charge in [-0.25, -0.2) is 0 Å². The SMILES string of the molecule is COc1ccc(N2CCN(C(=O)C[C@@H]3[NH2+][C@H]4CCCC[C@@H]4NC3=O)CC2)cc1. The minimum absolute atomic E-state index is 0.0355. The molecule has 3 aliphatic rings. The van der Waals surface area contributed by atoms with E-state index in [1.54, 1.807) is 7.11 Å². The number of carbonyl (C=O) groups excluding carboxylic acids is 2. The summed E-state index contributed by atoms with van der Waals surface area (Å²) in [4.78, 5) is 29.4. The number of nitrogens with zero attached hydrogens (tertiary/aromatic N) is 2. The van der Waals surface area contributed by atoms with Crippen LogP contribution in [0.5, 0.6) is 5.75 Å². The molecule has 1 saturated carbocycles. The molecule has 2 aliphatic heterocycles. The number of nitrogens with one attached hydrogen (secondary N) is 1.